The number of carbonyl (C=O) groups excluding carboxylic acids is 1. The van der Waals surface area contributed by atoms with E-state index in [4.69, 9.17) is 11.6 Å². The minimum Gasteiger partial charge on any atom is -0.342 e. The SMILES string of the molecule is O=C(Nc1ccc(Cl)cn1)[C@H](Cc1ccccc1)n1cccc1. The lowest BCUT2D eigenvalue weighted by atomic mass is 10.1. The molecule has 3 rings (SSSR count). The largest absolute Gasteiger partial charge is 0.342 e. The van der Waals surface area contributed by atoms with Gasteiger partial charge in [0.15, 0.2) is 0 Å². The molecule has 4 nitrogen and oxygen atoms in total. The zero-order chi connectivity index (χ0) is 16.1. The van der Waals surface area contributed by atoms with E-state index in [0.717, 1.165) is 5.56 Å². The summed E-state index contributed by atoms with van der Waals surface area (Å²) >= 11 is 5.82. The van der Waals surface area contributed by atoms with E-state index in [1.54, 1.807) is 12.1 Å². The predicted octanol–water partition coefficient (Wildman–Crippen LogP) is 3.96. The topological polar surface area (TPSA) is 46.9 Å². The van der Waals surface area contributed by atoms with Crippen LogP contribution in [0.4, 0.5) is 5.82 Å². The van der Waals surface area contributed by atoms with E-state index < -0.39 is 0 Å². The Morgan fingerprint density at radius 2 is 1.83 bits per heavy atom. The molecule has 0 radical (unpaired) electrons. The zero-order valence-corrected chi connectivity index (χ0v) is 13.1. The maximum absolute atomic E-state index is 12.7. The molecule has 1 atom stereocenters. The van der Waals surface area contributed by atoms with Crippen molar-refractivity contribution in [3.05, 3.63) is 83.8 Å². The minimum atomic E-state index is -0.343. The molecule has 1 aromatic carbocycles. The molecule has 5 heteroatoms. The molecule has 0 bridgehead atoms. The minimum absolute atomic E-state index is 0.111. The molecule has 0 spiro atoms. The number of pyridine rings is 1. The molecule has 2 heterocycles. The highest BCUT2D eigenvalue weighted by Crippen LogP contribution is 2.18. The summed E-state index contributed by atoms with van der Waals surface area (Å²) in [6, 6.07) is 16.8. The number of carbonyl (C=O) groups is 1. The van der Waals surface area contributed by atoms with Crippen LogP contribution < -0.4 is 5.32 Å². The van der Waals surface area contributed by atoms with Gasteiger partial charge < -0.3 is 9.88 Å². The van der Waals surface area contributed by atoms with E-state index in [2.05, 4.69) is 10.3 Å². The number of hydrogen-bond donors (Lipinski definition) is 1. The molecule has 0 saturated heterocycles. The summed E-state index contributed by atoms with van der Waals surface area (Å²) in [5, 5.41) is 3.38. The smallest absolute Gasteiger partial charge is 0.248 e. The summed E-state index contributed by atoms with van der Waals surface area (Å²) in [6.07, 6.45) is 5.90. The fraction of sp³-hybridized carbons (Fsp3) is 0.111. The number of hydrogen-bond acceptors (Lipinski definition) is 2. The van der Waals surface area contributed by atoms with Crippen molar-refractivity contribution in [2.75, 3.05) is 5.32 Å². The van der Waals surface area contributed by atoms with Gasteiger partial charge in [0.25, 0.3) is 0 Å². The Kier molecular flexibility index (Phi) is 4.74. The van der Waals surface area contributed by atoms with Crippen LogP contribution in [0.25, 0.3) is 0 Å². The number of rotatable bonds is 5. The van der Waals surface area contributed by atoms with Gasteiger partial charge in [-0.3, -0.25) is 4.79 Å². The highest BCUT2D eigenvalue weighted by Gasteiger charge is 2.20. The number of anilines is 1. The Balaban J connectivity index is 1.80. The van der Waals surface area contributed by atoms with Crippen molar-refractivity contribution < 1.29 is 4.79 Å². The maximum atomic E-state index is 12.7. The van der Waals surface area contributed by atoms with E-state index in [-0.39, 0.29) is 11.9 Å². The van der Waals surface area contributed by atoms with Crippen molar-refractivity contribution in [3.8, 4) is 0 Å². The molecule has 0 aliphatic rings. The quantitative estimate of drug-likeness (QED) is 0.772. The van der Waals surface area contributed by atoms with Crippen molar-refractivity contribution in [2.45, 2.75) is 12.5 Å². The van der Waals surface area contributed by atoms with E-state index in [1.165, 1.54) is 6.20 Å². The van der Waals surface area contributed by atoms with Gasteiger partial charge in [-0.15, -0.1) is 0 Å². The van der Waals surface area contributed by atoms with Crippen LogP contribution in [-0.4, -0.2) is 15.5 Å². The first-order valence-electron chi connectivity index (χ1n) is 7.31. The molecule has 3 aromatic rings. The van der Waals surface area contributed by atoms with Crippen LogP contribution in [0.15, 0.2) is 73.2 Å². The monoisotopic (exact) mass is 325 g/mol. The van der Waals surface area contributed by atoms with Gasteiger partial charge in [0.2, 0.25) is 5.91 Å². The van der Waals surface area contributed by atoms with Crippen LogP contribution in [-0.2, 0) is 11.2 Å². The lowest BCUT2D eigenvalue weighted by Crippen LogP contribution is -2.27. The van der Waals surface area contributed by atoms with Gasteiger partial charge in [0.05, 0.1) is 5.02 Å². The highest BCUT2D eigenvalue weighted by atomic mass is 35.5. The Morgan fingerprint density at radius 3 is 2.48 bits per heavy atom. The second-order valence-corrected chi connectivity index (χ2v) is 5.62. The first-order chi connectivity index (χ1) is 11.2. The van der Waals surface area contributed by atoms with Crippen molar-refractivity contribution in [2.24, 2.45) is 0 Å². The third kappa shape index (κ3) is 3.99. The molecule has 0 unspecified atom stereocenters. The number of nitrogens with zero attached hydrogens (tertiary/aromatic N) is 2. The Labute approximate surface area is 139 Å². The molecular formula is C18H16ClN3O. The molecular weight excluding hydrogens is 310 g/mol. The van der Waals surface area contributed by atoms with Crippen molar-refractivity contribution >= 4 is 23.3 Å². The third-order valence-corrected chi connectivity index (χ3v) is 3.76. The number of nitrogens with one attached hydrogen (secondary N) is 1. The fourth-order valence-corrected chi connectivity index (χ4v) is 2.50. The van der Waals surface area contributed by atoms with Crippen LogP contribution in [0, 0.1) is 0 Å². The summed E-state index contributed by atoms with van der Waals surface area (Å²) in [7, 11) is 0. The lowest BCUT2D eigenvalue weighted by Gasteiger charge is -2.18. The molecule has 0 aliphatic heterocycles. The van der Waals surface area contributed by atoms with Crippen molar-refractivity contribution in [1.82, 2.24) is 9.55 Å². The third-order valence-electron chi connectivity index (χ3n) is 3.54. The predicted molar refractivity (Wildman–Crippen MR) is 91.5 cm³/mol. The zero-order valence-electron chi connectivity index (χ0n) is 12.4. The average molecular weight is 326 g/mol. The second-order valence-electron chi connectivity index (χ2n) is 5.19. The lowest BCUT2D eigenvalue weighted by molar-refractivity contribution is -0.119. The maximum Gasteiger partial charge on any atom is 0.248 e. The summed E-state index contributed by atoms with van der Waals surface area (Å²) in [5.41, 5.74) is 1.10. The van der Waals surface area contributed by atoms with Gasteiger partial charge >= 0.3 is 0 Å². The van der Waals surface area contributed by atoms with E-state index in [9.17, 15) is 4.79 Å². The molecule has 0 aliphatic carbocycles. The molecule has 23 heavy (non-hydrogen) atoms. The Bertz CT molecular complexity index is 755. The molecule has 2 aromatic heterocycles. The average Bonchev–Trinajstić information content (AvgIpc) is 3.10. The normalized spacial score (nSPS) is 11.9. The van der Waals surface area contributed by atoms with Gasteiger partial charge in [-0.1, -0.05) is 41.9 Å². The van der Waals surface area contributed by atoms with Gasteiger partial charge in [-0.25, -0.2) is 4.98 Å². The summed E-state index contributed by atoms with van der Waals surface area (Å²) in [4.78, 5) is 16.8. The molecule has 0 fully saturated rings. The molecule has 0 saturated carbocycles. The second kappa shape index (κ2) is 7.11. The van der Waals surface area contributed by atoms with E-state index >= 15 is 0 Å². The van der Waals surface area contributed by atoms with Crippen LogP contribution >= 0.6 is 11.6 Å². The van der Waals surface area contributed by atoms with Gasteiger partial charge in [-0.05, 0) is 29.8 Å². The van der Waals surface area contributed by atoms with Gasteiger partial charge in [-0.2, -0.15) is 0 Å². The van der Waals surface area contributed by atoms with Gasteiger partial charge in [0, 0.05) is 25.0 Å². The number of aromatic nitrogens is 2. The van der Waals surface area contributed by atoms with Crippen LogP contribution in [0.3, 0.4) is 0 Å². The summed E-state index contributed by atoms with van der Waals surface area (Å²) in [5.74, 6) is 0.379. The number of halogens is 1. The molecule has 1 N–H and O–H groups in total. The Morgan fingerprint density at radius 1 is 1.09 bits per heavy atom. The first-order valence-corrected chi connectivity index (χ1v) is 7.69. The van der Waals surface area contributed by atoms with Crippen molar-refractivity contribution in [1.29, 1.82) is 0 Å². The summed E-state index contributed by atoms with van der Waals surface area (Å²) in [6.45, 7) is 0. The standard InChI is InChI=1S/C18H16ClN3O/c19-15-8-9-17(20-13-15)21-18(23)16(22-10-4-5-11-22)12-14-6-2-1-3-7-14/h1-11,13,16H,12H2,(H,20,21,23)/t16-/m0/s1. The highest BCUT2D eigenvalue weighted by molar-refractivity contribution is 6.30. The number of benzene rings is 1. The number of amides is 1. The van der Waals surface area contributed by atoms with E-state index in [0.29, 0.717) is 17.3 Å². The first kappa shape index (κ1) is 15.3. The van der Waals surface area contributed by atoms with Gasteiger partial charge in [0.1, 0.15) is 11.9 Å². The van der Waals surface area contributed by atoms with Crippen LogP contribution in [0.2, 0.25) is 5.02 Å². The van der Waals surface area contributed by atoms with Crippen molar-refractivity contribution in [3.63, 3.8) is 0 Å². The summed E-state index contributed by atoms with van der Waals surface area (Å²) < 4.78 is 1.90. The van der Waals surface area contributed by atoms with E-state index in [1.807, 2.05) is 59.4 Å². The van der Waals surface area contributed by atoms with Crippen LogP contribution in [0.1, 0.15) is 11.6 Å². The van der Waals surface area contributed by atoms with Crippen LogP contribution in [0.5, 0.6) is 0 Å². The fourth-order valence-electron chi connectivity index (χ4n) is 2.39. The molecule has 1 amide bonds. The molecule has 116 valence electrons. The Hall–Kier alpha value is -2.59.